The first-order chi connectivity index (χ1) is 13.6. The van der Waals surface area contributed by atoms with E-state index in [-0.39, 0.29) is 11.5 Å². The van der Waals surface area contributed by atoms with Crippen LogP contribution in [0, 0.1) is 12.7 Å². The summed E-state index contributed by atoms with van der Waals surface area (Å²) in [7, 11) is 0. The summed E-state index contributed by atoms with van der Waals surface area (Å²) in [5.74, 6) is -0.783. The van der Waals surface area contributed by atoms with Gasteiger partial charge in [-0.15, -0.1) is 0 Å². The number of hydrogen-bond donors (Lipinski definition) is 1. The van der Waals surface area contributed by atoms with Crippen LogP contribution in [0.1, 0.15) is 16.1 Å². The van der Waals surface area contributed by atoms with Crippen molar-refractivity contribution in [2.75, 3.05) is 36.5 Å². The Kier molecular flexibility index (Phi) is 5.08. The number of carbonyl (C=O) groups is 1. The van der Waals surface area contributed by atoms with Crippen molar-refractivity contribution in [3.63, 3.8) is 0 Å². The lowest BCUT2D eigenvalue weighted by molar-refractivity contribution is 0.102. The van der Waals surface area contributed by atoms with Gasteiger partial charge in [0.2, 0.25) is 0 Å². The zero-order valence-electron chi connectivity index (χ0n) is 15.6. The number of anilines is 2. The first-order valence-corrected chi connectivity index (χ1v) is 9.17. The van der Waals surface area contributed by atoms with Gasteiger partial charge < -0.3 is 15.0 Å². The number of carbonyl (C=O) groups excluding carboxylic acids is 1. The van der Waals surface area contributed by atoms with Crippen LogP contribution in [0.5, 0.6) is 0 Å². The van der Waals surface area contributed by atoms with Gasteiger partial charge in [0.05, 0.1) is 42.2 Å². The number of halogens is 1. The predicted molar refractivity (Wildman–Crippen MR) is 106 cm³/mol. The van der Waals surface area contributed by atoms with E-state index in [9.17, 15) is 9.18 Å². The highest BCUT2D eigenvalue weighted by atomic mass is 19.1. The Morgan fingerprint density at radius 2 is 1.89 bits per heavy atom. The van der Waals surface area contributed by atoms with Crippen LogP contribution in [0.15, 0.2) is 54.7 Å². The summed E-state index contributed by atoms with van der Waals surface area (Å²) < 4.78 is 21.6. The van der Waals surface area contributed by atoms with Gasteiger partial charge >= 0.3 is 0 Å². The van der Waals surface area contributed by atoms with E-state index in [0.717, 1.165) is 11.4 Å². The van der Waals surface area contributed by atoms with Gasteiger partial charge in [0.25, 0.3) is 5.91 Å². The summed E-state index contributed by atoms with van der Waals surface area (Å²) in [6.45, 7) is 4.30. The minimum absolute atomic E-state index is 0.265. The van der Waals surface area contributed by atoms with Gasteiger partial charge in [-0.05, 0) is 37.3 Å². The lowest BCUT2D eigenvalue weighted by Crippen LogP contribution is -2.36. The molecule has 2 aromatic carbocycles. The molecule has 3 aromatic rings. The largest absolute Gasteiger partial charge is 0.378 e. The second-order valence-corrected chi connectivity index (χ2v) is 6.61. The van der Waals surface area contributed by atoms with Crippen LogP contribution >= 0.6 is 0 Å². The number of aromatic nitrogens is 2. The molecule has 0 spiro atoms. The summed E-state index contributed by atoms with van der Waals surface area (Å²) in [5.41, 5.74) is 3.05. The average Bonchev–Trinajstić information content (AvgIpc) is 3.09. The average molecular weight is 380 g/mol. The van der Waals surface area contributed by atoms with Crippen molar-refractivity contribution in [3.8, 4) is 5.69 Å². The zero-order chi connectivity index (χ0) is 19.5. The van der Waals surface area contributed by atoms with E-state index in [4.69, 9.17) is 4.74 Å². The molecule has 0 unspecified atom stereocenters. The molecule has 0 aliphatic carbocycles. The van der Waals surface area contributed by atoms with Crippen molar-refractivity contribution in [1.29, 1.82) is 0 Å². The SMILES string of the molecule is Cc1c(NC(=O)c2ccc(N3CCOCC3)c(F)c2)cnn1-c1ccccc1. The van der Waals surface area contributed by atoms with Crippen molar-refractivity contribution in [2.45, 2.75) is 6.92 Å². The van der Waals surface area contributed by atoms with E-state index in [1.807, 2.05) is 42.2 Å². The topological polar surface area (TPSA) is 59.4 Å². The molecule has 1 saturated heterocycles. The quantitative estimate of drug-likeness (QED) is 0.754. The van der Waals surface area contributed by atoms with E-state index in [2.05, 4.69) is 10.4 Å². The molecule has 1 amide bonds. The van der Waals surface area contributed by atoms with Crippen LogP contribution in [-0.4, -0.2) is 42.0 Å². The van der Waals surface area contributed by atoms with Crippen LogP contribution in [0.2, 0.25) is 0 Å². The lowest BCUT2D eigenvalue weighted by Gasteiger charge is -2.29. The first kappa shape index (κ1) is 18.2. The predicted octanol–water partition coefficient (Wildman–Crippen LogP) is 3.41. The van der Waals surface area contributed by atoms with Gasteiger partial charge in [-0.3, -0.25) is 4.79 Å². The summed E-state index contributed by atoms with van der Waals surface area (Å²) in [6, 6.07) is 14.2. The van der Waals surface area contributed by atoms with E-state index >= 15 is 0 Å². The fourth-order valence-electron chi connectivity index (χ4n) is 3.27. The van der Waals surface area contributed by atoms with E-state index in [1.165, 1.54) is 6.07 Å². The number of ether oxygens (including phenoxy) is 1. The number of morpholine rings is 1. The standard InChI is InChI=1S/C21H21FN4O2/c1-15-19(14-23-26(15)17-5-3-2-4-6-17)24-21(27)16-7-8-20(18(22)13-16)25-9-11-28-12-10-25/h2-8,13-14H,9-12H2,1H3,(H,24,27). The fraction of sp³-hybridized carbons (Fsp3) is 0.238. The molecule has 28 heavy (non-hydrogen) atoms. The smallest absolute Gasteiger partial charge is 0.255 e. The second-order valence-electron chi connectivity index (χ2n) is 6.61. The van der Waals surface area contributed by atoms with Crippen molar-refractivity contribution in [3.05, 3.63) is 71.8 Å². The second kappa shape index (κ2) is 7.82. The third kappa shape index (κ3) is 3.61. The molecule has 0 bridgehead atoms. The maximum Gasteiger partial charge on any atom is 0.255 e. The first-order valence-electron chi connectivity index (χ1n) is 9.17. The molecule has 144 valence electrons. The molecule has 4 rings (SSSR count). The maximum atomic E-state index is 14.6. The molecule has 7 heteroatoms. The molecule has 2 heterocycles. The summed E-state index contributed by atoms with van der Waals surface area (Å²) in [6.07, 6.45) is 1.60. The number of benzene rings is 2. The van der Waals surface area contributed by atoms with Gasteiger partial charge in [-0.1, -0.05) is 18.2 Å². The number of para-hydroxylation sites is 1. The summed E-state index contributed by atoms with van der Waals surface area (Å²) >= 11 is 0. The third-order valence-corrected chi connectivity index (χ3v) is 4.82. The number of nitrogens with one attached hydrogen (secondary N) is 1. The number of rotatable bonds is 4. The molecular weight excluding hydrogens is 359 g/mol. The molecule has 0 atom stereocenters. The van der Waals surface area contributed by atoms with E-state index in [0.29, 0.717) is 37.7 Å². The van der Waals surface area contributed by atoms with Crippen LogP contribution in [0.25, 0.3) is 5.69 Å². The molecular formula is C21H21FN4O2. The van der Waals surface area contributed by atoms with Crippen LogP contribution in [0.3, 0.4) is 0 Å². The molecule has 1 aliphatic rings. The Balaban J connectivity index is 1.51. The molecule has 1 aliphatic heterocycles. The van der Waals surface area contributed by atoms with Gasteiger partial charge in [-0.2, -0.15) is 5.10 Å². The number of nitrogens with zero attached hydrogens (tertiary/aromatic N) is 3. The van der Waals surface area contributed by atoms with Gasteiger partial charge in [0.1, 0.15) is 5.82 Å². The Labute approximate surface area is 162 Å². The Hall–Kier alpha value is -3.19. The van der Waals surface area contributed by atoms with Crippen molar-refractivity contribution in [1.82, 2.24) is 9.78 Å². The monoisotopic (exact) mass is 380 g/mol. The highest BCUT2D eigenvalue weighted by molar-refractivity contribution is 6.04. The molecule has 1 fully saturated rings. The number of amides is 1. The van der Waals surface area contributed by atoms with Gasteiger partial charge in [0.15, 0.2) is 0 Å². The maximum absolute atomic E-state index is 14.6. The zero-order valence-corrected chi connectivity index (χ0v) is 15.6. The van der Waals surface area contributed by atoms with Crippen molar-refractivity contribution < 1.29 is 13.9 Å². The Morgan fingerprint density at radius 1 is 1.14 bits per heavy atom. The molecule has 1 aromatic heterocycles. The third-order valence-electron chi connectivity index (χ3n) is 4.82. The molecule has 1 N–H and O–H groups in total. The molecule has 0 saturated carbocycles. The van der Waals surface area contributed by atoms with Gasteiger partial charge in [0, 0.05) is 18.7 Å². The Morgan fingerprint density at radius 3 is 2.61 bits per heavy atom. The van der Waals surface area contributed by atoms with Crippen molar-refractivity contribution in [2.24, 2.45) is 0 Å². The summed E-state index contributed by atoms with van der Waals surface area (Å²) in [5, 5.41) is 7.16. The Bertz CT molecular complexity index is 981. The number of hydrogen-bond acceptors (Lipinski definition) is 4. The van der Waals surface area contributed by atoms with Crippen LogP contribution in [-0.2, 0) is 4.74 Å². The highest BCUT2D eigenvalue weighted by Gasteiger charge is 2.18. The molecule has 0 radical (unpaired) electrons. The van der Waals surface area contributed by atoms with Crippen molar-refractivity contribution >= 4 is 17.3 Å². The van der Waals surface area contributed by atoms with Crippen LogP contribution < -0.4 is 10.2 Å². The fourth-order valence-corrected chi connectivity index (χ4v) is 3.27. The van der Waals surface area contributed by atoms with Gasteiger partial charge in [-0.25, -0.2) is 9.07 Å². The molecule has 6 nitrogen and oxygen atoms in total. The van der Waals surface area contributed by atoms with E-state index < -0.39 is 5.82 Å². The highest BCUT2D eigenvalue weighted by Crippen LogP contribution is 2.23. The van der Waals surface area contributed by atoms with E-state index in [1.54, 1.807) is 23.0 Å². The lowest BCUT2D eigenvalue weighted by atomic mass is 10.1. The van der Waals surface area contributed by atoms with Crippen LogP contribution in [0.4, 0.5) is 15.8 Å². The minimum atomic E-state index is -0.411. The minimum Gasteiger partial charge on any atom is -0.378 e. The normalized spacial score (nSPS) is 14.1. The summed E-state index contributed by atoms with van der Waals surface area (Å²) in [4.78, 5) is 14.5.